The van der Waals surface area contributed by atoms with Crippen molar-refractivity contribution in [3.05, 3.63) is 0 Å². The topological polar surface area (TPSA) is 61.6 Å². The third-order valence-electron chi connectivity index (χ3n) is 0.726. The maximum atomic E-state index is 9.70. The largest absolute Gasteiger partial charge is 0.379 e. The van der Waals surface area contributed by atoms with Gasteiger partial charge in [0.15, 0.2) is 0 Å². The van der Waals surface area contributed by atoms with Gasteiger partial charge in [-0.1, -0.05) is 0 Å². The maximum Gasteiger partial charge on any atom is 0.122 e. The van der Waals surface area contributed by atoms with Crippen molar-refractivity contribution < 1.29 is 14.4 Å². The summed E-state index contributed by atoms with van der Waals surface area (Å²) in [6.07, 6.45) is 1.24. The molecule has 0 heterocycles. The molecule has 0 radical (unpaired) electrons. The number of carbonyl (C=O) groups excluding carboxylic acids is 1. The van der Waals surface area contributed by atoms with Crippen molar-refractivity contribution in [1.29, 1.82) is 0 Å². The van der Waals surface area contributed by atoms with E-state index in [0.717, 1.165) is 6.29 Å². The Balaban J connectivity index is 2.66. The van der Waals surface area contributed by atoms with Crippen LogP contribution in [0.2, 0.25) is 0 Å². The van der Waals surface area contributed by atoms with Gasteiger partial charge >= 0.3 is 0 Å². The van der Waals surface area contributed by atoms with E-state index >= 15 is 0 Å². The highest BCUT2D eigenvalue weighted by atomic mass is 16.6. The smallest absolute Gasteiger partial charge is 0.122 e. The van der Waals surface area contributed by atoms with Crippen LogP contribution in [0.5, 0.6) is 0 Å². The fourth-order valence-electron chi connectivity index (χ4n) is 0.341. The summed E-state index contributed by atoms with van der Waals surface area (Å²) >= 11 is 0. The van der Waals surface area contributed by atoms with E-state index in [1.54, 1.807) is 0 Å². The van der Waals surface area contributed by atoms with Crippen molar-refractivity contribution in [3.63, 3.8) is 0 Å². The summed E-state index contributed by atoms with van der Waals surface area (Å²) in [6, 6.07) is 0. The van der Waals surface area contributed by atoms with Crippen molar-refractivity contribution in [2.45, 2.75) is 6.42 Å². The lowest BCUT2D eigenvalue weighted by molar-refractivity contribution is -0.108. The van der Waals surface area contributed by atoms with Crippen molar-refractivity contribution in [3.8, 4) is 0 Å². The number of aldehydes is 1. The third-order valence-corrected chi connectivity index (χ3v) is 0.726. The van der Waals surface area contributed by atoms with Gasteiger partial charge in [0.2, 0.25) is 0 Å². The number of nitrogens with two attached hydrogens (primary N) is 1. The van der Waals surface area contributed by atoms with Gasteiger partial charge in [-0.25, -0.2) is 5.90 Å². The van der Waals surface area contributed by atoms with Gasteiger partial charge in [0.1, 0.15) is 6.29 Å². The molecule has 0 amide bonds. The third kappa shape index (κ3) is 7.55. The van der Waals surface area contributed by atoms with Crippen LogP contribution in [-0.2, 0) is 14.4 Å². The lowest BCUT2D eigenvalue weighted by atomic mass is 10.5. The Bertz CT molecular complexity index is 67.2. The van der Waals surface area contributed by atoms with Crippen molar-refractivity contribution in [2.24, 2.45) is 5.90 Å². The molecule has 0 atom stereocenters. The van der Waals surface area contributed by atoms with Crippen LogP contribution in [0.25, 0.3) is 0 Å². The first-order valence-electron chi connectivity index (χ1n) is 2.75. The second-order valence-corrected chi connectivity index (χ2v) is 1.44. The first-order chi connectivity index (χ1) is 4.41. The number of ether oxygens (including phenoxy) is 1. The molecule has 0 aromatic rings. The average Bonchev–Trinajstić information content (AvgIpc) is 1.89. The molecule has 0 aromatic carbocycles. The number of carbonyl (C=O) groups is 1. The molecule has 4 nitrogen and oxygen atoms in total. The fourth-order valence-corrected chi connectivity index (χ4v) is 0.341. The van der Waals surface area contributed by atoms with Crippen LogP contribution >= 0.6 is 0 Å². The average molecular weight is 133 g/mol. The van der Waals surface area contributed by atoms with E-state index in [2.05, 4.69) is 4.84 Å². The van der Waals surface area contributed by atoms with Gasteiger partial charge in [0, 0.05) is 6.42 Å². The van der Waals surface area contributed by atoms with Gasteiger partial charge in [0.05, 0.1) is 19.8 Å². The summed E-state index contributed by atoms with van der Waals surface area (Å²) < 4.78 is 4.88. The maximum absolute atomic E-state index is 9.70. The van der Waals surface area contributed by atoms with Crippen LogP contribution in [0.3, 0.4) is 0 Å². The van der Waals surface area contributed by atoms with Crippen LogP contribution in [0.1, 0.15) is 6.42 Å². The van der Waals surface area contributed by atoms with Crippen LogP contribution < -0.4 is 5.90 Å². The van der Waals surface area contributed by atoms with E-state index in [1.807, 2.05) is 0 Å². The Hall–Kier alpha value is -0.450. The second-order valence-electron chi connectivity index (χ2n) is 1.44. The molecule has 0 rings (SSSR count). The molecule has 54 valence electrons. The lowest BCUT2D eigenvalue weighted by Crippen LogP contribution is -2.08. The van der Waals surface area contributed by atoms with E-state index in [0.29, 0.717) is 26.2 Å². The van der Waals surface area contributed by atoms with Crippen LogP contribution in [-0.4, -0.2) is 26.1 Å². The molecule has 0 aliphatic rings. The summed E-state index contributed by atoms with van der Waals surface area (Å²) in [5.74, 6) is 4.69. The Morgan fingerprint density at radius 3 is 2.67 bits per heavy atom. The number of rotatable bonds is 6. The standard InChI is InChI=1S/C5H11NO3/c6-9-5-4-8-3-1-2-7/h2H,1,3-6H2. The molecule has 0 bridgehead atoms. The Kier molecular flexibility index (Phi) is 7.17. The lowest BCUT2D eigenvalue weighted by Gasteiger charge is -1.97. The summed E-state index contributed by atoms with van der Waals surface area (Å²) in [6.45, 7) is 1.27. The van der Waals surface area contributed by atoms with E-state index in [-0.39, 0.29) is 0 Å². The van der Waals surface area contributed by atoms with Crippen molar-refractivity contribution >= 4 is 6.29 Å². The highest BCUT2D eigenvalue weighted by Gasteiger charge is 1.84. The minimum absolute atomic E-state index is 0.374. The predicted molar refractivity (Wildman–Crippen MR) is 31.6 cm³/mol. The summed E-state index contributed by atoms with van der Waals surface area (Å²) in [5, 5.41) is 0. The highest BCUT2D eigenvalue weighted by Crippen LogP contribution is 1.76. The van der Waals surface area contributed by atoms with Crippen LogP contribution in [0.15, 0.2) is 0 Å². The van der Waals surface area contributed by atoms with Gasteiger partial charge < -0.3 is 14.4 Å². The Morgan fingerprint density at radius 1 is 1.33 bits per heavy atom. The zero-order chi connectivity index (χ0) is 6.95. The number of hydrogen-bond acceptors (Lipinski definition) is 4. The zero-order valence-electron chi connectivity index (χ0n) is 5.21. The molecule has 0 saturated carbocycles. The molecule has 0 spiro atoms. The van der Waals surface area contributed by atoms with Gasteiger partial charge in [-0.3, -0.25) is 0 Å². The minimum atomic E-state index is 0.374. The zero-order valence-corrected chi connectivity index (χ0v) is 5.21. The predicted octanol–water partition coefficient (Wildman–Crippen LogP) is -0.518. The molecule has 0 unspecified atom stereocenters. The quantitative estimate of drug-likeness (QED) is 0.301. The first kappa shape index (κ1) is 8.55. The van der Waals surface area contributed by atoms with Gasteiger partial charge in [-0.05, 0) is 0 Å². The highest BCUT2D eigenvalue weighted by molar-refractivity contribution is 5.49. The number of hydrogen-bond donors (Lipinski definition) is 1. The molecule has 0 aliphatic heterocycles. The summed E-state index contributed by atoms with van der Waals surface area (Å²) in [7, 11) is 0. The van der Waals surface area contributed by atoms with Crippen LogP contribution in [0.4, 0.5) is 0 Å². The van der Waals surface area contributed by atoms with E-state index in [1.165, 1.54) is 0 Å². The molecule has 0 aliphatic carbocycles. The van der Waals surface area contributed by atoms with E-state index in [4.69, 9.17) is 10.6 Å². The SMILES string of the molecule is NOCCOCCC=O. The van der Waals surface area contributed by atoms with E-state index in [9.17, 15) is 4.79 Å². The molecular formula is C5H11NO3. The van der Waals surface area contributed by atoms with Gasteiger partial charge in [-0.2, -0.15) is 0 Å². The molecule has 0 aromatic heterocycles. The van der Waals surface area contributed by atoms with Gasteiger partial charge in [0.25, 0.3) is 0 Å². The molecule has 2 N–H and O–H groups in total. The van der Waals surface area contributed by atoms with Crippen LogP contribution in [0, 0.1) is 0 Å². The molecule has 0 fully saturated rings. The normalized spacial score (nSPS) is 9.44. The molecule has 9 heavy (non-hydrogen) atoms. The summed E-state index contributed by atoms with van der Waals surface area (Å²) in [5.41, 5.74) is 0. The summed E-state index contributed by atoms with van der Waals surface area (Å²) in [4.78, 5) is 13.9. The van der Waals surface area contributed by atoms with Gasteiger partial charge in [-0.15, -0.1) is 0 Å². The molecule has 4 heteroatoms. The Morgan fingerprint density at radius 2 is 2.11 bits per heavy atom. The first-order valence-corrected chi connectivity index (χ1v) is 2.75. The monoisotopic (exact) mass is 133 g/mol. The molecule has 0 saturated heterocycles. The van der Waals surface area contributed by atoms with E-state index < -0.39 is 0 Å². The fraction of sp³-hybridized carbons (Fsp3) is 0.800. The second kappa shape index (κ2) is 7.55. The Labute approximate surface area is 53.9 Å². The van der Waals surface area contributed by atoms with Crippen molar-refractivity contribution in [2.75, 3.05) is 19.8 Å². The minimum Gasteiger partial charge on any atom is -0.379 e. The molecular weight excluding hydrogens is 122 g/mol. The van der Waals surface area contributed by atoms with Crippen molar-refractivity contribution in [1.82, 2.24) is 0 Å².